The first-order valence-corrected chi connectivity index (χ1v) is 21.2. The Morgan fingerprint density at radius 2 is 1.33 bits per heavy atom. The van der Waals surface area contributed by atoms with Crippen molar-refractivity contribution in [3.8, 4) is 39.6 Å². The quantitative estimate of drug-likeness (QED) is 0.130. The summed E-state index contributed by atoms with van der Waals surface area (Å²) in [5.41, 5.74) is 11.2. The molecule has 0 N–H and O–H groups in total. The molecule has 311 valence electrons. The van der Waals surface area contributed by atoms with Gasteiger partial charge in [0.05, 0.1) is 28.3 Å². The second-order valence-electron chi connectivity index (χ2n) is 18.0. The zero-order valence-electron chi connectivity index (χ0n) is 36.2. The number of aromatic nitrogens is 4. The minimum absolute atomic E-state index is 0. The van der Waals surface area contributed by atoms with Gasteiger partial charge in [-0.15, -0.1) is 54.1 Å². The van der Waals surface area contributed by atoms with Crippen molar-refractivity contribution >= 4 is 54.5 Å². The molecule has 0 bridgehead atoms. The molecule has 11 aromatic rings. The fourth-order valence-corrected chi connectivity index (χ4v) is 8.33. The Balaban J connectivity index is 0.000000251. The molecular formula is C57H46IrN4O-2. The van der Waals surface area contributed by atoms with Crippen LogP contribution in [0.5, 0.6) is 0 Å². The van der Waals surface area contributed by atoms with Crippen LogP contribution in [0.25, 0.3) is 94.1 Å². The van der Waals surface area contributed by atoms with Crippen LogP contribution in [0.15, 0.2) is 174 Å². The SMILES string of the molecule is CC(C)(C)c1ccc(-n2c(-c3[c-]ccc4c3oc3cc5c(ccc6ccccc65)cc34)nc3ccccc32)c(-c2ccccc2)c1.CC(C)(C)c1ccnc(-c2[c-]cccc2)n1.[Ir]. The van der Waals surface area contributed by atoms with Crippen LogP contribution in [-0.2, 0) is 30.9 Å². The molecule has 0 amide bonds. The van der Waals surface area contributed by atoms with Gasteiger partial charge in [-0.25, -0.2) is 0 Å². The predicted molar refractivity (Wildman–Crippen MR) is 257 cm³/mol. The fourth-order valence-electron chi connectivity index (χ4n) is 8.33. The van der Waals surface area contributed by atoms with E-state index in [0.29, 0.717) is 0 Å². The third-order valence-corrected chi connectivity index (χ3v) is 11.6. The van der Waals surface area contributed by atoms with E-state index in [1.807, 2.05) is 48.7 Å². The van der Waals surface area contributed by atoms with Gasteiger partial charge in [-0.05, 0) is 80.6 Å². The molecule has 3 aromatic heterocycles. The Hall–Kier alpha value is -6.72. The van der Waals surface area contributed by atoms with E-state index < -0.39 is 0 Å². The van der Waals surface area contributed by atoms with Crippen molar-refractivity contribution in [1.82, 2.24) is 19.5 Å². The molecule has 63 heavy (non-hydrogen) atoms. The van der Waals surface area contributed by atoms with E-state index in [9.17, 15) is 0 Å². The summed E-state index contributed by atoms with van der Waals surface area (Å²) in [6, 6.07) is 63.7. The molecule has 6 heteroatoms. The third kappa shape index (κ3) is 7.86. The van der Waals surface area contributed by atoms with Crippen molar-refractivity contribution in [3.63, 3.8) is 0 Å². The smallest absolute Gasteiger partial charge is 0.121 e. The van der Waals surface area contributed by atoms with E-state index in [4.69, 9.17) is 9.40 Å². The molecule has 0 aliphatic rings. The summed E-state index contributed by atoms with van der Waals surface area (Å²) in [6.07, 6.45) is 1.81. The van der Waals surface area contributed by atoms with Crippen LogP contribution in [0.3, 0.4) is 0 Å². The minimum Gasteiger partial charge on any atom is -0.501 e. The van der Waals surface area contributed by atoms with Gasteiger partial charge < -0.3 is 8.98 Å². The van der Waals surface area contributed by atoms with E-state index >= 15 is 0 Å². The first kappa shape index (κ1) is 41.6. The molecule has 0 aliphatic carbocycles. The van der Waals surface area contributed by atoms with E-state index in [-0.39, 0.29) is 30.9 Å². The van der Waals surface area contributed by atoms with Gasteiger partial charge >= 0.3 is 0 Å². The molecule has 3 heterocycles. The summed E-state index contributed by atoms with van der Waals surface area (Å²) in [7, 11) is 0. The molecule has 1 radical (unpaired) electrons. The Labute approximate surface area is 381 Å². The van der Waals surface area contributed by atoms with Crippen LogP contribution in [0.4, 0.5) is 0 Å². The van der Waals surface area contributed by atoms with Crippen LogP contribution >= 0.6 is 0 Å². The Bertz CT molecular complexity index is 3430. The van der Waals surface area contributed by atoms with Crippen LogP contribution in [0.1, 0.15) is 52.8 Å². The average Bonchev–Trinajstić information content (AvgIpc) is 3.87. The largest absolute Gasteiger partial charge is 0.501 e. The first-order valence-electron chi connectivity index (χ1n) is 21.2. The minimum atomic E-state index is 0. The summed E-state index contributed by atoms with van der Waals surface area (Å²) in [5, 5.41) is 6.98. The number of fused-ring (bicyclic) bond motifs is 7. The van der Waals surface area contributed by atoms with E-state index in [2.05, 4.69) is 190 Å². The van der Waals surface area contributed by atoms with Gasteiger partial charge in [-0.3, -0.25) is 15.0 Å². The predicted octanol–water partition coefficient (Wildman–Crippen LogP) is 14.9. The molecular weight excluding hydrogens is 949 g/mol. The molecule has 0 atom stereocenters. The third-order valence-electron chi connectivity index (χ3n) is 11.6. The van der Waals surface area contributed by atoms with Crippen molar-refractivity contribution in [3.05, 3.63) is 193 Å². The molecule has 0 unspecified atom stereocenters. The summed E-state index contributed by atoms with van der Waals surface area (Å²) in [6.45, 7) is 13.2. The van der Waals surface area contributed by atoms with Crippen molar-refractivity contribution in [2.45, 2.75) is 52.4 Å². The molecule has 11 rings (SSSR count). The van der Waals surface area contributed by atoms with Crippen LogP contribution in [0, 0.1) is 12.1 Å². The summed E-state index contributed by atoms with van der Waals surface area (Å²) in [5.74, 6) is 1.55. The second kappa shape index (κ2) is 16.5. The maximum atomic E-state index is 6.78. The first-order chi connectivity index (χ1) is 30.0. The van der Waals surface area contributed by atoms with Gasteiger partial charge in [-0.2, -0.15) is 0 Å². The van der Waals surface area contributed by atoms with Crippen LogP contribution in [0.2, 0.25) is 0 Å². The average molecular weight is 995 g/mol. The van der Waals surface area contributed by atoms with Crippen LogP contribution < -0.4 is 0 Å². The normalized spacial score (nSPS) is 11.8. The summed E-state index contributed by atoms with van der Waals surface area (Å²) >= 11 is 0. The molecule has 5 nitrogen and oxygen atoms in total. The maximum Gasteiger partial charge on any atom is 0.121 e. The number of rotatable bonds is 4. The number of imidazole rings is 1. The topological polar surface area (TPSA) is 56.7 Å². The number of benzene rings is 8. The number of para-hydroxylation sites is 2. The maximum absolute atomic E-state index is 6.78. The molecule has 0 saturated carbocycles. The van der Waals surface area contributed by atoms with Gasteiger partial charge in [0.2, 0.25) is 0 Å². The number of hydrogen-bond donors (Lipinski definition) is 0. The monoisotopic (exact) mass is 995 g/mol. The van der Waals surface area contributed by atoms with Gasteiger partial charge in [0, 0.05) is 54.0 Å². The van der Waals surface area contributed by atoms with E-state index in [1.54, 1.807) is 0 Å². The second-order valence-corrected chi connectivity index (χ2v) is 18.0. The van der Waals surface area contributed by atoms with Gasteiger partial charge in [0.25, 0.3) is 0 Å². The van der Waals surface area contributed by atoms with E-state index in [0.717, 1.165) is 78.3 Å². The van der Waals surface area contributed by atoms with E-state index in [1.165, 1.54) is 27.1 Å². The molecule has 0 aliphatic heterocycles. The van der Waals surface area contributed by atoms with Crippen molar-refractivity contribution < 1.29 is 24.5 Å². The fraction of sp³-hybridized carbons (Fsp3) is 0.140. The molecule has 0 fully saturated rings. The van der Waals surface area contributed by atoms with Gasteiger partial charge in [0.1, 0.15) is 5.58 Å². The van der Waals surface area contributed by atoms with Crippen molar-refractivity contribution in [2.75, 3.05) is 0 Å². The number of furan rings is 1. The number of nitrogens with zero attached hydrogens (tertiary/aromatic N) is 4. The van der Waals surface area contributed by atoms with Gasteiger partial charge in [-0.1, -0.05) is 137 Å². The molecule has 0 saturated heterocycles. The van der Waals surface area contributed by atoms with Gasteiger partial charge in [0.15, 0.2) is 0 Å². The van der Waals surface area contributed by atoms with Crippen molar-refractivity contribution in [1.29, 1.82) is 0 Å². The number of hydrogen-bond acceptors (Lipinski definition) is 4. The molecule has 8 aromatic carbocycles. The van der Waals surface area contributed by atoms with Crippen LogP contribution in [-0.4, -0.2) is 19.5 Å². The zero-order chi connectivity index (χ0) is 42.6. The van der Waals surface area contributed by atoms with Crippen molar-refractivity contribution in [2.24, 2.45) is 0 Å². The Morgan fingerprint density at radius 1 is 0.571 bits per heavy atom. The summed E-state index contributed by atoms with van der Waals surface area (Å²) in [4.78, 5) is 14.1. The standard InChI is InChI=1S/C43H31N2O.C14H15N2.Ir/c1-43(2,3)30-22-23-38(35(25-30)27-12-5-4-6-13-27)45-39-19-10-9-18-37(39)44-42(45)33-17-11-16-32-36-24-29-21-20-28-14-7-8-15-31(28)34(29)26-40(36)46-41(32)33;1-14(2,3)12-9-10-15-13(16-12)11-7-5-4-6-8-11;/h4-16,18-26H,1-3H3;4-7,9-10H,1-3H3;/q2*-1;. The Morgan fingerprint density at radius 3 is 2.13 bits per heavy atom. The Kier molecular flexibility index (Phi) is 10.9. The zero-order valence-corrected chi connectivity index (χ0v) is 38.6. The molecule has 0 spiro atoms. The summed E-state index contributed by atoms with van der Waals surface area (Å²) < 4.78 is 9.06.